The molecule has 0 amide bonds. The maximum atomic E-state index is 9.64. The smallest absolute Gasteiger partial charge is 0.222 e. The lowest BCUT2D eigenvalue weighted by atomic mass is 10.1. The average Bonchev–Trinajstić information content (AvgIpc) is 2.77. The van der Waals surface area contributed by atoms with E-state index in [1.807, 2.05) is 18.6 Å². The molecule has 1 aliphatic rings. The lowest BCUT2D eigenvalue weighted by molar-refractivity contribution is 0.106. The van der Waals surface area contributed by atoms with E-state index in [0.717, 1.165) is 61.1 Å². The summed E-state index contributed by atoms with van der Waals surface area (Å²) >= 11 is 1.62. The molecule has 29 heavy (non-hydrogen) atoms. The molecule has 3 rings (SSSR count). The Morgan fingerprint density at radius 1 is 1.14 bits per heavy atom. The van der Waals surface area contributed by atoms with E-state index in [1.54, 1.807) is 24.2 Å². The number of hydrogen-bond acceptors (Lipinski definition) is 9. The number of piperidine rings is 1. The first kappa shape index (κ1) is 21.3. The predicted octanol–water partition coefficient (Wildman–Crippen LogP) is 2.58. The van der Waals surface area contributed by atoms with E-state index >= 15 is 0 Å². The number of anilines is 2. The number of likely N-dealkylation sites (tertiary alicyclic amines) is 1. The van der Waals surface area contributed by atoms with Crippen LogP contribution in [0.25, 0.3) is 5.70 Å². The van der Waals surface area contributed by atoms with Crippen LogP contribution in [0, 0.1) is 5.92 Å². The van der Waals surface area contributed by atoms with Crippen LogP contribution in [0.15, 0.2) is 36.3 Å². The summed E-state index contributed by atoms with van der Waals surface area (Å²) in [5.74, 6) is 1.74. The van der Waals surface area contributed by atoms with E-state index in [4.69, 9.17) is 0 Å². The molecule has 3 N–H and O–H groups in total. The number of aliphatic hydroxyl groups excluding tert-OH is 1. The molecule has 9 heteroatoms. The average molecular weight is 416 g/mol. The van der Waals surface area contributed by atoms with Crippen molar-refractivity contribution in [1.29, 1.82) is 0 Å². The fraction of sp³-hybridized carbons (Fsp3) is 0.500. The number of aromatic nitrogens is 4. The molecule has 2 aromatic heterocycles. The van der Waals surface area contributed by atoms with Crippen molar-refractivity contribution in [3.8, 4) is 0 Å². The molecule has 156 valence electrons. The standard InChI is InChI=1S/C20H29N7OS/c1-14(9-24-20-25-10-17(29-3)11-26-20)8-22-19-13-21-18(12-23-19)15(2)27-6-4-16(28)5-7-27/h10-14,16,28H,2,4-9H2,1,3H3,(H,22,23)(H,24,25,26). The topological polar surface area (TPSA) is 99.1 Å². The zero-order valence-corrected chi connectivity index (χ0v) is 17.8. The molecule has 1 unspecified atom stereocenters. The molecule has 8 nitrogen and oxygen atoms in total. The maximum absolute atomic E-state index is 9.64. The van der Waals surface area contributed by atoms with Crippen molar-refractivity contribution in [2.45, 2.75) is 30.8 Å². The van der Waals surface area contributed by atoms with Gasteiger partial charge >= 0.3 is 0 Å². The van der Waals surface area contributed by atoms with Gasteiger partial charge in [0.25, 0.3) is 0 Å². The second-order valence-corrected chi connectivity index (χ2v) is 8.14. The van der Waals surface area contributed by atoms with E-state index in [-0.39, 0.29) is 6.10 Å². The van der Waals surface area contributed by atoms with Crippen LogP contribution >= 0.6 is 11.8 Å². The summed E-state index contributed by atoms with van der Waals surface area (Å²) in [6.45, 7) is 9.41. The second-order valence-electron chi connectivity index (χ2n) is 7.27. The summed E-state index contributed by atoms with van der Waals surface area (Å²) in [7, 11) is 0. The number of thioether (sulfide) groups is 1. The van der Waals surface area contributed by atoms with E-state index in [9.17, 15) is 5.11 Å². The minimum atomic E-state index is -0.200. The highest BCUT2D eigenvalue weighted by Crippen LogP contribution is 2.20. The third-order valence-electron chi connectivity index (χ3n) is 4.90. The molecule has 1 saturated heterocycles. The van der Waals surface area contributed by atoms with Crippen LogP contribution in [0.2, 0.25) is 0 Å². The van der Waals surface area contributed by atoms with Crippen LogP contribution in [-0.2, 0) is 0 Å². The second kappa shape index (κ2) is 10.4. The van der Waals surface area contributed by atoms with Gasteiger partial charge in [0.15, 0.2) is 0 Å². The Morgan fingerprint density at radius 3 is 2.45 bits per heavy atom. The molecular weight excluding hydrogens is 386 g/mol. The Kier molecular flexibility index (Phi) is 7.65. The Bertz CT molecular complexity index is 776. The first-order chi connectivity index (χ1) is 14.0. The Morgan fingerprint density at radius 2 is 1.83 bits per heavy atom. The number of aliphatic hydroxyl groups is 1. The zero-order chi connectivity index (χ0) is 20.6. The van der Waals surface area contributed by atoms with E-state index in [0.29, 0.717) is 11.9 Å². The molecule has 1 fully saturated rings. The van der Waals surface area contributed by atoms with Gasteiger partial charge in [-0.1, -0.05) is 13.5 Å². The zero-order valence-electron chi connectivity index (χ0n) is 17.0. The summed E-state index contributed by atoms with van der Waals surface area (Å²) in [5.41, 5.74) is 1.63. The van der Waals surface area contributed by atoms with Crippen LogP contribution in [0.1, 0.15) is 25.5 Å². The fourth-order valence-electron chi connectivity index (χ4n) is 3.00. The number of nitrogens with one attached hydrogen (secondary N) is 2. The third-order valence-corrected chi connectivity index (χ3v) is 5.58. The largest absolute Gasteiger partial charge is 0.393 e. The molecule has 1 aliphatic heterocycles. The van der Waals surface area contributed by atoms with Crippen LogP contribution in [0.4, 0.5) is 11.8 Å². The summed E-state index contributed by atoms with van der Waals surface area (Å²) in [4.78, 5) is 20.8. The summed E-state index contributed by atoms with van der Waals surface area (Å²) in [5, 5.41) is 16.2. The summed E-state index contributed by atoms with van der Waals surface area (Å²) < 4.78 is 0. The van der Waals surface area contributed by atoms with Crippen molar-refractivity contribution < 1.29 is 5.11 Å². The van der Waals surface area contributed by atoms with Gasteiger partial charge in [-0.3, -0.25) is 0 Å². The normalized spacial score (nSPS) is 15.8. The van der Waals surface area contributed by atoms with Crippen LogP contribution in [-0.4, -0.2) is 68.5 Å². The molecule has 1 atom stereocenters. The van der Waals surface area contributed by atoms with Gasteiger partial charge in [-0.25, -0.2) is 19.9 Å². The van der Waals surface area contributed by atoms with Crippen LogP contribution < -0.4 is 10.6 Å². The fourth-order valence-corrected chi connectivity index (χ4v) is 3.31. The summed E-state index contributed by atoms with van der Waals surface area (Å²) in [6, 6.07) is 0. The van der Waals surface area contributed by atoms with Gasteiger partial charge in [-0.2, -0.15) is 0 Å². The minimum Gasteiger partial charge on any atom is -0.393 e. The van der Waals surface area contributed by atoms with Crippen molar-refractivity contribution >= 4 is 29.2 Å². The first-order valence-electron chi connectivity index (χ1n) is 9.83. The SMILES string of the molecule is C=C(c1cnc(NCC(C)CNc2ncc(SC)cn2)cn1)N1CCC(O)CC1. The van der Waals surface area contributed by atoms with Crippen molar-refractivity contribution in [3.63, 3.8) is 0 Å². The monoisotopic (exact) mass is 415 g/mol. The van der Waals surface area contributed by atoms with Crippen molar-refractivity contribution in [2.24, 2.45) is 5.92 Å². The van der Waals surface area contributed by atoms with Crippen molar-refractivity contribution in [1.82, 2.24) is 24.8 Å². The number of nitrogens with zero attached hydrogens (tertiary/aromatic N) is 5. The van der Waals surface area contributed by atoms with Gasteiger partial charge in [0.2, 0.25) is 5.95 Å². The maximum Gasteiger partial charge on any atom is 0.222 e. The van der Waals surface area contributed by atoms with Gasteiger partial charge in [0.05, 0.1) is 24.2 Å². The number of hydrogen-bond donors (Lipinski definition) is 3. The molecule has 0 bridgehead atoms. The summed E-state index contributed by atoms with van der Waals surface area (Å²) in [6.07, 6.45) is 10.5. The van der Waals surface area contributed by atoms with Crippen molar-refractivity contribution in [2.75, 3.05) is 43.1 Å². The Hall–Kier alpha value is -2.39. The lowest BCUT2D eigenvalue weighted by Crippen LogP contribution is -2.34. The molecule has 3 heterocycles. The van der Waals surface area contributed by atoms with Crippen molar-refractivity contribution in [3.05, 3.63) is 37.1 Å². The lowest BCUT2D eigenvalue weighted by Gasteiger charge is -2.32. The Labute approximate surface area is 176 Å². The van der Waals surface area contributed by atoms with Crippen LogP contribution in [0.3, 0.4) is 0 Å². The van der Waals surface area contributed by atoms with Gasteiger partial charge in [-0.05, 0) is 25.0 Å². The quantitative estimate of drug-likeness (QED) is 0.534. The Balaban J connectivity index is 1.42. The van der Waals surface area contributed by atoms with E-state index in [2.05, 4.69) is 49.0 Å². The third kappa shape index (κ3) is 6.30. The number of rotatable bonds is 9. The highest BCUT2D eigenvalue weighted by molar-refractivity contribution is 7.98. The van der Waals surface area contributed by atoms with Gasteiger partial charge in [0.1, 0.15) is 11.5 Å². The van der Waals surface area contributed by atoms with Crippen LogP contribution in [0.5, 0.6) is 0 Å². The minimum absolute atomic E-state index is 0.200. The molecule has 0 radical (unpaired) electrons. The van der Waals surface area contributed by atoms with E-state index in [1.165, 1.54) is 0 Å². The molecule has 0 aliphatic carbocycles. The molecular formula is C20H29N7OS. The van der Waals surface area contributed by atoms with Gasteiger partial charge < -0.3 is 20.6 Å². The molecule has 2 aromatic rings. The molecule has 0 spiro atoms. The first-order valence-corrected chi connectivity index (χ1v) is 11.1. The predicted molar refractivity (Wildman–Crippen MR) is 118 cm³/mol. The highest BCUT2D eigenvalue weighted by atomic mass is 32.2. The van der Waals surface area contributed by atoms with Gasteiger partial charge in [-0.15, -0.1) is 11.8 Å². The molecule has 0 saturated carbocycles. The van der Waals surface area contributed by atoms with E-state index < -0.39 is 0 Å². The van der Waals surface area contributed by atoms with Gasteiger partial charge in [0, 0.05) is 43.5 Å². The molecule has 0 aromatic carbocycles. The highest BCUT2D eigenvalue weighted by Gasteiger charge is 2.19.